The Morgan fingerprint density at radius 3 is 2.41 bits per heavy atom. The quantitative estimate of drug-likeness (QED) is 0.753. The van der Waals surface area contributed by atoms with Crippen LogP contribution in [0.25, 0.3) is 6.08 Å². The van der Waals surface area contributed by atoms with Crippen molar-refractivity contribution in [1.82, 2.24) is 10.2 Å². The first kappa shape index (κ1) is 16.2. The number of hydrogen-bond donors (Lipinski definition) is 1. The summed E-state index contributed by atoms with van der Waals surface area (Å²) in [7, 11) is 4.21. The van der Waals surface area contributed by atoms with Crippen LogP contribution in [0.15, 0.2) is 30.8 Å². The molecular formula is C14H23ClN2. The number of hydrogen-bond acceptors (Lipinski definition) is 2. The van der Waals surface area contributed by atoms with Crippen LogP contribution >= 0.6 is 12.4 Å². The Bertz CT molecular complexity index is 307. The van der Waals surface area contributed by atoms with Crippen molar-refractivity contribution in [2.45, 2.75) is 13.0 Å². The van der Waals surface area contributed by atoms with E-state index in [0.717, 1.165) is 19.6 Å². The zero-order valence-electron chi connectivity index (χ0n) is 10.8. The zero-order chi connectivity index (χ0) is 11.8. The molecular weight excluding hydrogens is 232 g/mol. The normalized spacial score (nSPS) is 10.1. The summed E-state index contributed by atoms with van der Waals surface area (Å²) in [5.74, 6) is 0. The van der Waals surface area contributed by atoms with E-state index in [9.17, 15) is 0 Å². The van der Waals surface area contributed by atoms with Gasteiger partial charge in [-0.05, 0) is 44.7 Å². The smallest absolute Gasteiger partial charge is 0.0205 e. The fourth-order valence-corrected chi connectivity index (χ4v) is 1.52. The Kier molecular flexibility index (Phi) is 8.78. The Hall–Kier alpha value is -0.830. The molecule has 1 aromatic carbocycles. The number of halogens is 1. The molecule has 0 bridgehead atoms. The van der Waals surface area contributed by atoms with Crippen molar-refractivity contribution in [3.05, 3.63) is 42.0 Å². The topological polar surface area (TPSA) is 15.3 Å². The van der Waals surface area contributed by atoms with Gasteiger partial charge in [-0.25, -0.2) is 0 Å². The summed E-state index contributed by atoms with van der Waals surface area (Å²) in [6.07, 6.45) is 3.06. The van der Waals surface area contributed by atoms with Crippen molar-refractivity contribution in [1.29, 1.82) is 0 Å². The summed E-state index contributed by atoms with van der Waals surface area (Å²) in [6, 6.07) is 8.50. The van der Waals surface area contributed by atoms with E-state index in [1.54, 1.807) is 0 Å². The molecule has 0 aliphatic carbocycles. The molecule has 0 heterocycles. The predicted molar refractivity (Wildman–Crippen MR) is 78.7 cm³/mol. The Labute approximate surface area is 111 Å². The molecule has 0 aromatic heterocycles. The molecule has 0 unspecified atom stereocenters. The average Bonchev–Trinajstić information content (AvgIpc) is 2.29. The Morgan fingerprint density at radius 2 is 1.88 bits per heavy atom. The van der Waals surface area contributed by atoms with Crippen LogP contribution in [0, 0.1) is 0 Å². The third kappa shape index (κ3) is 7.16. The van der Waals surface area contributed by atoms with Crippen molar-refractivity contribution in [3.63, 3.8) is 0 Å². The van der Waals surface area contributed by atoms with Crippen LogP contribution < -0.4 is 5.32 Å². The molecule has 1 aromatic rings. The van der Waals surface area contributed by atoms with Crippen LogP contribution in [0.1, 0.15) is 17.5 Å². The number of rotatable bonds is 7. The maximum atomic E-state index is 3.74. The average molecular weight is 255 g/mol. The van der Waals surface area contributed by atoms with Crippen molar-refractivity contribution >= 4 is 18.5 Å². The molecule has 0 saturated heterocycles. The maximum absolute atomic E-state index is 3.74. The molecule has 1 rings (SSSR count). The standard InChI is InChI=1S/C14H22N2.ClH/c1-4-13-6-8-14(9-7-13)12-15-10-5-11-16(2)3;/h4,6-9,15H,1,5,10-12H2,2-3H3;1H. The van der Waals surface area contributed by atoms with Gasteiger partial charge in [0, 0.05) is 6.54 Å². The second kappa shape index (κ2) is 9.23. The minimum Gasteiger partial charge on any atom is -0.313 e. The Morgan fingerprint density at radius 1 is 1.24 bits per heavy atom. The number of nitrogens with zero attached hydrogens (tertiary/aromatic N) is 1. The third-order valence-electron chi connectivity index (χ3n) is 2.50. The van der Waals surface area contributed by atoms with Crippen molar-refractivity contribution in [2.24, 2.45) is 0 Å². The molecule has 0 amide bonds. The lowest BCUT2D eigenvalue weighted by Crippen LogP contribution is -2.20. The van der Waals surface area contributed by atoms with Crippen LogP contribution in [0.5, 0.6) is 0 Å². The van der Waals surface area contributed by atoms with Crippen molar-refractivity contribution < 1.29 is 0 Å². The second-order valence-electron chi connectivity index (χ2n) is 4.28. The minimum absolute atomic E-state index is 0. The van der Waals surface area contributed by atoms with Crippen molar-refractivity contribution in [2.75, 3.05) is 27.2 Å². The largest absolute Gasteiger partial charge is 0.313 e. The van der Waals surface area contributed by atoms with Crippen LogP contribution in [-0.4, -0.2) is 32.1 Å². The van der Waals surface area contributed by atoms with Gasteiger partial charge in [0.1, 0.15) is 0 Å². The second-order valence-corrected chi connectivity index (χ2v) is 4.28. The van der Waals surface area contributed by atoms with Gasteiger partial charge in [-0.15, -0.1) is 12.4 Å². The van der Waals surface area contributed by atoms with Gasteiger partial charge in [-0.2, -0.15) is 0 Å². The lowest BCUT2D eigenvalue weighted by Gasteiger charge is -2.09. The van der Waals surface area contributed by atoms with Gasteiger partial charge < -0.3 is 10.2 Å². The monoisotopic (exact) mass is 254 g/mol. The highest BCUT2D eigenvalue weighted by Gasteiger charge is 1.93. The summed E-state index contributed by atoms with van der Waals surface area (Å²) < 4.78 is 0. The van der Waals surface area contributed by atoms with Gasteiger partial charge in [0.05, 0.1) is 0 Å². The summed E-state index contributed by atoms with van der Waals surface area (Å²) in [5, 5.41) is 3.44. The highest BCUT2D eigenvalue weighted by Crippen LogP contribution is 2.04. The van der Waals surface area contributed by atoms with Crippen LogP contribution in [0.2, 0.25) is 0 Å². The molecule has 96 valence electrons. The minimum atomic E-state index is 0. The molecule has 0 atom stereocenters. The van der Waals surface area contributed by atoms with E-state index in [4.69, 9.17) is 0 Å². The fourth-order valence-electron chi connectivity index (χ4n) is 1.52. The summed E-state index contributed by atoms with van der Waals surface area (Å²) in [5.41, 5.74) is 2.51. The highest BCUT2D eigenvalue weighted by molar-refractivity contribution is 5.85. The molecule has 0 radical (unpaired) electrons. The SMILES string of the molecule is C=Cc1ccc(CNCCCN(C)C)cc1.Cl. The van der Waals surface area contributed by atoms with E-state index >= 15 is 0 Å². The molecule has 17 heavy (non-hydrogen) atoms. The lowest BCUT2D eigenvalue weighted by molar-refractivity contribution is 0.394. The van der Waals surface area contributed by atoms with E-state index in [2.05, 4.69) is 55.2 Å². The van der Waals surface area contributed by atoms with E-state index in [0.29, 0.717) is 0 Å². The zero-order valence-corrected chi connectivity index (χ0v) is 11.6. The van der Waals surface area contributed by atoms with Crippen LogP contribution in [0.4, 0.5) is 0 Å². The molecule has 0 fully saturated rings. The van der Waals surface area contributed by atoms with E-state index in [1.165, 1.54) is 17.5 Å². The van der Waals surface area contributed by atoms with E-state index in [-0.39, 0.29) is 12.4 Å². The summed E-state index contributed by atoms with van der Waals surface area (Å²) in [4.78, 5) is 2.21. The first-order valence-corrected chi connectivity index (χ1v) is 5.79. The molecule has 0 aliphatic heterocycles. The lowest BCUT2D eigenvalue weighted by atomic mass is 10.1. The van der Waals surface area contributed by atoms with E-state index < -0.39 is 0 Å². The molecule has 3 heteroatoms. The van der Waals surface area contributed by atoms with Gasteiger partial charge in [0.25, 0.3) is 0 Å². The van der Waals surface area contributed by atoms with Crippen molar-refractivity contribution in [3.8, 4) is 0 Å². The van der Waals surface area contributed by atoms with Crippen LogP contribution in [-0.2, 0) is 6.54 Å². The molecule has 2 nitrogen and oxygen atoms in total. The molecule has 1 N–H and O–H groups in total. The molecule has 0 spiro atoms. The van der Waals surface area contributed by atoms with Crippen LogP contribution in [0.3, 0.4) is 0 Å². The van der Waals surface area contributed by atoms with Gasteiger partial charge >= 0.3 is 0 Å². The Balaban J connectivity index is 0.00000256. The number of nitrogens with one attached hydrogen (secondary N) is 1. The van der Waals surface area contributed by atoms with Gasteiger partial charge in [0.2, 0.25) is 0 Å². The predicted octanol–water partition coefficient (Wildman–Crippen LogP) is 2.79. The molecule has 0 aliphatic rings. The van der Waals surface area contributed by atoms with Gasteiger partial charge in [0.15, 0.2) is 0 Å². The highest BCUT2D eigenvalue weighted by atomic mass is 35.5. The van der Waals surface area contributed by atoms with E-state index in [1.807, 2.05) is 6.08 Å². The van der Waals surface area contributed by atoms with Gasteiger partial charge in [-0.1, -0.05) is 36.9 Å². The summed E-state index contributed by atoms with van der Waals surface area (Å²) in [6.45, 7) is 6.90. The van der Waals surface area contributed by atoms with Gasteiger partial charge in [-0.3, -0.25) is 0 Å². The first-order chi connectivity index (χ1) is 7.72. The first-order valence-electron chi connectivity index (χ1n) is 5.79. The maximum Gasteiger partial charge on any atom is 0.0205 e. The summed E-state index contributed by atoms with van der Waals surface area (Å²) >= 11 is 0. The fraction of sp³-hybridized carbons (Fsp3) is 0.429. The molecule has 0 saturated carbocycles. The number of benzene rings is 1. The third-order valence-corrected chi connectivity index (χ3v) is 2.50.